The van der Waals surface area contributed by atoms with E-state index in [-0.39, 0.29) is 25.6 Å². The Balaban J connectivity index is 3.13. The Kier molecular flexibility index (Phi) is 28.9. The number of hydrogen-bond acceptors (Lipinski definition) is 12. The van der Waals surface area contributed by atoms with E-state index in [4.69, 9.17) is 53.5 Å². The van der Waals surface area contributed by atoms with E-state index >= 15 is 0 Å². The minimum atomic E-state index is -1.00. The van der Waals surface area contributed by atoms with Gasteiger partial charge in [-0.2, -0.15) is 0 Å². The molecule has 3 N–H and O–H groups in total. The summed E-state index contributed by atoms with van der Waals surface area (Å²) in [5, 5.41) is 8.40. The lowest BCUT2D eigenvalue weighted by atomic mass is 10.2. The van der Waals surface area contributed by atoms with Crippen LogP contribution in [0, 0.1) is 0 Å². The maximum atomic E-state index is 11.7. The third-order valence-corrected chi connectivity index (χ3v) is 4.10. The minimum absolute atomic E-state index is 0.0392. The molecule has 36 heavy (non-hydrogen) atoms. The number of carbonyl (C=O) groups excluding carboxylic acids is 1. The fourth-order valence-corrected chi connectivity index (χ4v) is 2.41. The monoisotopic (exact) mass is 527 g/mol. The van der Waals surface area contributed by atoms with Crippen LogP contribution in [0.1, 0.15) is 12.8 Å². The van der Waals surface area contributed by atoms with Gasteiger partial charge in [-0.25, -0.2) is 4.79 Å². The first-order chi connectivity index (χ1) is 17.7. The molecule has 0 aromatic rings. The number of nitrogens with two attached hydrogens (primary N) is 1. The molecule has 0 aromatic carbocycles. The summed E-state index contributed by atoms with van der Waals surface area (Å²) in [5.41, 5.74) is 5.30. The summed E-state index contributed by atoms with van der Waals surface area (Å²) in [6.07, 6.45) is 1.06. The molecule has 0 aromatic heterocycles. The first kappa shape index (κ1) is 34.7. The number of rotatable bonds is 31. The SMILES string of the molecule is NCCOCCOCCOCC(=O)CCCOCCOCCOCCOCCOCCOCC(=O)O. The predicted molar refractivity (Wildman–Crippen MR) is 128 cm³/mol. The lowest BCUT2D eigenvalue weighted by Gasteiger charge is -2.08. The molecule has 0 bridgehead atoms. The van der Waals surface area contributed by atoms with Gasteiger partial charge in [0.25, 0.3) is 0 Å². The molecule has 0 aliphatic carbocycles. The Labute approximate surface area is 213 Å². The highest BCUT2D eigenvalue weighted by Crippen LogP contribution is 1.94. The lowest BCUT2D eigenvalue weighted by molar-refractivity contribution is -0.142. The molecule has 0 unspecified atom stereocenters. The summed E-state index contributed by atoms with van der Waals surface area (Å²) < 4.78 is 47.4. The van der Waals surface area contributed by atoms with Crippen LogP contribution in [0.5, 0.6) is 0 Å². The van der Waals surface area contributed by atoms with Gasteiger partial charge >= 0.3 is 5.97 Å². The van der Waals surface area contributed by atoms with E-state index in [1.54, 1.807) is 0 Å². The highest BCUT2D eigenvalue weighted by atomic mass is 16.6. The third kappa shape index (κ3) is 30.8. The number of ether oxygens (including phenoxy) is 9. The van der Waals surface area contributed by atoms with Gasteiger partial charge < -0.3 is 53.5 Å². The van der Waals surface area contributed by atoms with Crippen molar-refractivity contribution in [1.82, 2.24) is 0 Å². The smallest absolute Gasteiger partial charge is 0.329 e. The number of ketones is 1. The second-order valence-corrected chi connectivity index (χ2v) is 7.22. The van der Waals surface area contributed by atoms with Crippen molar-refractivity contribution in [2.75, 3.05) is 125 Å². The summed E-state index contributed by atoms with van der Waals surface area (Å²) in [6, 6.07) is 0. The summed E-state index contributed by atoms with van der Waals surface area (Å²) >= 11 is 0. The van der Waals surface area contributed by atoms with E-state index in [0.717, 1.165) is 0 Å². The standard InChI is InChI=1S/C23H45NO12/c24-3-5-29-7-9-33-16-18-35-20-22(25)2-1-4-28-6-8-30-10-11-31-12-13-32-14-15-34-17-19-36-21-23(26)27/h1-21,24H2,(H,26,27). The summed E-state index contributed by atoms with van der Waals surface area (Å²) in [5.74, 6) is -0.961. The van der Waals surface area contributed by atoms with Crippen LogP contribution in [0.3, 0.4) is 0 Å². The van der Waals surface area contributed by atoms with E-state index < -0.39 is 5.97 Å². The van der Waals surface area contributed by atoms with Crippen LogP contribution in [0.25, 0.3) is 0 Å². The fourth-order valence-electron chi connectivity index (χ4n) is 2.41. The van der Waals surface area contributed by atoms with Crippen molar-refractivity contribution in [2.24, 2.45) is 5.73 Å². The molecule has 0 atom stereocenters. The number of carboxylic acid groups (broad SMARTS) is 1. The number of carboxylic acids is 1. The first-order valence-electron chi connectivity index (χ1n) is 12.3. The second kappa shape index (κ2) is 30.0. The Morgan fingerprint density at radius 1 is 0.472 bits per heavy atom. The predicted octanol–water partition coefficient (Wildman–Crippen LogP) is -0.472. The van der Waals surface area contributed by atoms with Gasteiger partial charge in [0.15, 0.2) is 5.78 Å². The zero-order valence-corrected chi connectivity index (χ0v) is 21.4. The maximum absolute atomic E-state index is 11.7. The van der Waals surface area contributed by atoms with Gasteiger partial charge in [0, 0.05) is 19.6 Å². The van der Waals surface area contributed by atoms with Crippen molar-refractivity contribution in [2.45, 2.75) is 12.8 Å². The van der Waals surface area contributed by atoms with Gasteiger partial charge in [-0.15, -0.1) is 0 Å². The molecule has 0 spiro atoms. The van der Waals surface area contributed by atoms with Gasteiger partial charge in [-0.3, -0.25) is 4.79 Å². The fraction of sp³-hybridized carbons (Fsp3) is 0.913. The van der Waals surface area contributed by atoms with Crippen LogP contribution in [-0.4, -0.2) is 142 Å². The number of aliphatic carboxylic acids is 1. The molecule has 0 fully saturated rings. The van der Waals surface area contributed by atoms with Crippen molar-refractivity contribution >= 4 is 11.8 Å². The summed E-state index contributed by atoms with van der Waals surface area (Å²) in [7, 11) is 0. The number of carbonyl (C=O) groups is 2. The average Bonchev–Trinajstić information content (AvgIpc) is 2.86. The van der Waals surface area contributed by atoms with Crippen LogP contribution in [-0.2, 0) is 52.2 Å². The minimum Gasteiger partial charge on any atom is -0.480 e. The second-order valence-electron chi connectivity index (χ2n) is 7.22. The first-order valence-corrected chi connectivity index (χ1v) is 12.3. The van der Waals surface area contributed by atoms with Crippen LogP contribution in [0.4, 0.5) is 0 Å². The Morgan fingerprint density at radius 2 is 0.806 bits per heavy atom. The van der Waals surface area contributed by atoms with Gasteiger partial charge in [0.05, 0.1) is 99.1 Å². The van der Waals surface area contributed by atoms with E-state index in [9.17, 15) is 9.59 Å². The molecule has 13 nitrogen and oxygen atoms in total. The normalized spacial score (nSPS) is 11.2. The number of Topliss-reactive ketones (excluding diaryl/α,β-unsaturated/α-hetero) is 1. The third-order valence-electron chi connectivity index (χ3n) is 4.10. The van der Waals surface area contributed by atoms with Gasteiger partial charge in [-0.05, 0) is 6.42 Å². The van der Waals surface area contributed by atoms with E-state index in [1.807, 2.05) is 0 Å². The zero-order chi connectivity index (χ0) is 26.4. The molecule has 0 saturated heterocycles. The molecule has 0 radical (unpaired) electrons. The summed E-state index contributed by atoms with van der Waals surface area (Å²) in [4.78, 5) is 22.0. The molecule has 13 heteroatoms. The molecule has 214 valence electrons. The lowest BCUT2D eigenvalue weighted by Crippen LogP contribution is -2.16. The average molecular weight is 528 g/mol. The van der Waals surface area contributed by atoms with Gasteiger partial charge in [-0.1, -0.05) is 0 Å². The van der Waals surface area contributed by atoms with Gasteiger partial charge in [0.2, 0.25) is 0 Å². The van der Waals surface area contributed by atoms with E-state index in [2.05, 4.69) is 0 Å². The van der Waals surface area contributed by atoms with E-state index in [0.29, 0.717) is 118 Å². The maximum Gasteiger partial charge on any atom is 0.329 e. The molecule has 0 saturated carbocycles. The molecule has 0 amide bonds. The Morgan fingerprint density at radius 3 is 1.19 bits per heavy atom. The topological polar surface area (TPSA) is 163 Å². The molecule has 0 aliphatic heterocycles. The Bertz CT molecular complexity index is 484. The highest BCUT2D eigenvalue weighted by Gasteiger charge is 2.02. The molecule has 0 aliphatic rings. The van der Waals surface area contributed by atoms with Crippen molar-refractivity contribution in [1.29, 1.82) is 0 Å². The summed E-state index contributed by atoms with van der Waals surface area (Å²) in [6.45, 7) is 7.19. The highest BCUT2D eigenvalue weighted by molar-refractivity contribution is 5.79. The molecular weight excluding hydrogens is 482 g/mol. The van der Waals surface area contributed by atoms with E-state index in [1.165, 1.54) is 0 Å². The van der Waals surface area contributed by atoms with Crippen molar-refractivity contribution in [3.63, 3.8) is 0 Å². The largest absolute Gasteiger partial charge is 0.480 e. The van der Waals surface area contributed by atoms with Gasteiger partial charge in [0.1, 0.15) is 13.2 Å². The van der Waals surface area contributed by atoms with Crippen molar-refractivity contribution < 1.29 is 57.3 Å². The van der Waals surface area contributed by atoms with Crippen LogP contribution in [0.15, 0.2) is 0 Å². The molecular formula is C23H45NO12. The van der Waals surface area contributed by atoms with Crippen molar-refractivity contribution in [3.8, 4) is 0 Å². The van der Waals surface area contributed by atoms with Crippen LogP contribution >= 0.6 is 0 Å². The number of hydrogen-bond donors (Lipinski definition) is 2. The van der Waals surface area contributed by atoms with Crippen LogP contribution < -0.4 is 5.73 Å². The van der Waals surface area contributed by atoms with Crippen LogP contribution in [0.2, 0.25) is 0 Å². The zero-order valence-electron chi connectivity index (χ0n) is 21.4. The molecule has 0 rings (SSSR count). The quantitative estimate of drug-likeness (QED) is 0.111. The van der Waals surface area contributed by atoms with Crippen molar-refractivity contribution in [3.05, 3.63) is 0 Å². The molecule has 0 heterocycles. The Hall–Kier alpha value is -1.26.